The highest BCUT2D eigenvalue weighted by atomic mass is 32.2. The van der Waals surface area contributed by atoms with Gasteiger partial charge < -0.3 is 10.7 Å². The number of rotatable bonds is 5. The van der Waals surface area contributed by atoms with Crippen LogP contribution in [0.1, 0.15) is 5.82 Å². The molecule has 0 saturated carbocycles. The van der Waals surface area contributed by atoms with Crippen molar-refractivity contribution in [3.8, 4) is 0 Å². The first kappa shape index (κ1) is 8.62. The number of hydrogen-bond acceptors (Lipinski definition) is 3. The smallest absolute Gasteiger partial charge is 0.106 e. The van der Waals surface area contributed by atoms with Crippen molar-refractivity contribution in [2.45, 2.75) is 6.42 Å². The van der Waals surface area contributed by atoms with Crippen molar-refractivity contribution in [1.82, 2.24) is 9.97 Å². The maximum absolute atomic E-state index is 5.34. The number of H-pyrrole nitrogens is 1. The number of nitrogens with zero attached hydrogens (tertiary/aromatic N) is 1. The first-order valence-electron chi connectivity index (χ1n) is 3.69. The van der Waals surface area contributed by atoms with Crippen LogP contribution in [0.4, 0.5) is 0 Å². The third-order valence-electron chi connectivity index (χ3n) is 1.30. The van der Waals surface area contributed by atoms with Crippen molar-refractivity contribution in [2.24, 2.45) is 5.73 Å². The quantitative estimate of drug-likeness (QED) is 0.639. The summed E-state index contributed by atoms with van der Waals surface area (Å²) in [5.74, 6) is 3.21. The molecule has 1 heterocycles. The zero-order valence-corrected chi connectivity index (χ0v) is 7.23. The highest BCUT2D eigenvalue weighted by Gasteiger charge is 1.93. The Kier molecular flexibility index (Phi) is 4.08. The molecule has 0 saturated heterocycles. The minimum Gasteiger partial charge on any atom is -0.349 e. The first-order valence-corrected chi connectivity index (χ1v) is 4.85. The number of imidazole rings is 1. The van der Waals surface area contributed by atoms with E-state index < -0.39 is 0 Å². The average molecular weight is 171 g/mol. The molecule has 0 spiro atoms. The van der Waals surface area contributed by atoms with Gasteiger partial charge >= 0.3 is 0 Å². The van der Waals surface area contributed by atoms with Gasteiger partial charge in [0.1, 0.15) is 5.82 Å². The molecule has 0 unspecified atom stereocenters. The zero-order valence-electron chi connectivity index (χ0n) is 6.42. The van der Waals surface area contributed by atoms with Gasteiger partial charge in [-0.2, -0.15) is 11.8 Å². The molecule has 0 bridgehead atoms. The molecule has 0 amide bonds. The SMILES string of the molecule is NCCSCCc1ncc[nH]1. The predicted octanol–water partition coefficient (Wildman–Crippen LogP) is 0.644. The molecule has 62 valence electrons. The molecule has 11 heavy (non-hydrogen) atoms. The van der Waals surface area contributed by atoms with Gasteiger partial charge in [-0.3, -0.25) is 0 Å². The van der Waals surface area contributed by atoms with Crippen LogP contribution in [0.5, 0.6) is 0 Å². The third kappa shape index (κ3) is 3.43. The van der Waals surface area contributed by atoms with Gasteiger partial charge in [-0.05, 0) is 0 Å². The van der Waals surface area contributed by atoms with E-state index in [0.717, 1.165) is 30.3 Å². The highest BCUT2D eigenvalue weighted by molar-refractivity contribution is 7.99. The normalized spacial score (nSPS) is 10.3. The minimum atomic E-state index is 0.767. The van der Waals surface area contributed by atoms with Gasteiger partial charge in [-0.25, -0.2) is 4.98 Å². The van der Waals surface area contributed by atoms with Crippen molar-refractivity contribution in [2.75, 3.05) is 18.1 Å². The Hall–Kier alpha value is -0.480. The number of aromatic amines is 1. The van der Waals surface area contributed by atoms with Gasteiger partial charge in [0.15, 0.2) is 0 Å². The molecule has 3 N–H and O–H groups in total. The first-order chi connectivity index (χ1) is 5.43. The molecular weight excluding hydrogens is 158 g/mol. The molecule has 0 atom stereocenters. The van der Waals surface area contributed by atoms with Crippen LogP contribution in [0.15, 0.2) is 12.4 Å². The third-order valence-corrected chi connectivity index (χ3v) is 2.32. The summed E-state index contributed by atoms with van der Waals surface area (Å²) in [7, 11) is 0. The van der Waals surface area contributed by atoms with E-state index >= 15 is 0 Å². The number of nitrogens with two attached hydrogens (primary N) is 1. The summed E-state index contributed by atoms with van der Waals surface area (Å²) in [5, 5.41) is 0. The Morgan fingerprint density at radius 1 is 1.55 bits per heavy atom. The molecule has 1 rings (SSSR count). The van der Waals surface area contributed by atoms with E-state index in [-0.39, 0.29) is 0 Å². The van der Waals surface area contributed by atoms with Gasteiger partial charge in [0, 0.05) is 36.9 Å². The standard InChI is InChI=1S/C7H13N3S/c8-2-6-11-5-1-7-9-3-4-10-7/h3-4H,1-2,5-6,8H2,(H,9,10). The second kappa shape index (κ2) is 5.21. The summed E-state index contributed by atoms with van der Waals surface area (Å²) in [6.45, 7) is 0.767. The molecule has 4 heteroatoms. The zero-order chi connectivity index (χ0) is 7.94. The monoisotopic (exact) mass is 171 g/mol. The molecule has 1 aromatic heterocycles. The maximum atomic E-state index is 5.34. The fraction of sp³-hybridized carbons (Fsp3) is 0.571. The fourth-order valence-electron chi connectivity index (χ4n) is 0.789. The number of hydrogen-bond donors (Lipinski definition) is 2. The maximum Gasteiger partial charge on any atom is 0.106 e. The van der Waals surface area contributed by atoms with Crippen molar-refractivity contribution in [3.05, 3.63) is 18.2 Å². The molecule has 1 aromatic rings. The summed E-state index contributed by atoms with van der Waals surface area (Å²) >= 11 is 1.87. The van der Waals surface area contributed by atoms with Gasteiger partial charge in [0.2, 0.25) is 0 Å². The van der Waals surface area contributed by atoms with Crippen LogP contribution < -0.4 is 5.73 Å². The van der Waals surface area contributed by atoms with Crippen molar-refractivity contribution in [3.63, 3.8) is 0 Å². The minimum absolute atomic E-state index is 0.767. The largest absolute Gasteiger partial charge is 0.349 e. The molecule has 0 aliphatic heterocycles. The molecule has 0 fully saturated rings. The number of aromatic nitrogens is 2. The Labute approximate surface area is 70.8 Å². The fourth-order valence-corrected chi connectivity index (χ4v) is 1.50. The van der Waals surface area contributed by atoms with Crippen LogP contribution >= 0.6 is 11.8 Å². The number of thioether (sulfide) groups is 1. The van der Waals surface area contributed by atoms with Crippen LogP contribution in [0.3, 0.4) is 0 Å². The summed E-state index contributed by atoms with van der Waals surface area (Å²) in [6, 6.07) is 0. The highest BCUT2D eigenvalue weighted by Crippen LogP contribution is 2.01. The molecule has 3 nitrogen and oxygen atoms in total. The second-order valence-electron chi connectivity index (χ2n) is 2.19. The lowest BCUT2D eigenvalue weighted by Gasteiger charge is -1.95. The lowest BCUT2D eigenvalue weighted by molar-refractivity contribution is 0.997. The molecule has 0 radical (unpaired) electrons. The van der Waals surface area contributed by atoms with Crippen molar-refractivity contribution >= 4 is 11.8 Å². The molecule has 0 aliphatic rings. The summed E-state index contributed by atoms with van der Waals surface area (Å²) < 4.78 is 0. The van der Waals surface area contributed by atoms with Crippen LogP contribution in [-0.4, -0.2) is 28.0 Å². The summed E-state index contributed by atoms with van der Waals surface area (Å²) in [5.41, 5.74) is 5.34. The van der Waals surface area contributed by atoms with Crippen molar-refractivity contribution in [1.29, 1.82) is 0 Å². The van der Waals surface area contributed by atoms with Crippen LogP contribution in [0.2, 0.25) is 0 Å². The topological polar surface area (TPSA) is 54.7 Å². The Bertz CT molecular complexity index is 174. The second-order valence-corrected chi connectivity index (χ2v) is 3.41. The number of aryl methyl sites for hydroxylation is 1. The van der Waals surface area contributed by atoms with Gasteiger partial charge in [-0.1, -0.05) is 0 Å². The molecular formula is C7H13N3S. The molecule has 0 aromatic carbocycles. The van der Waals surface area contributed by atoms with Gasteiger partial charge in [0.05, 0.1) is 0 Å². The van der Waals surface area contributed by atoms with E-state index in [1.54, 1.807) is 6.20 Å². The van der Waals surface area contributed by atoms with E-state index in [9.17, 15) is 0 Å². The van der Waals surface area contributed by atoms with Gasteiger partial charge in [0.25, 0.3) is 0 Å². The predicted molar refractivity (Wildman–Crippen MR) is 48.7 cm³/mol. The van der Waals surface area contributed by atoms with E-state index in [1.807, 2.05) is 18.0 Å². The average Bonchev–Trinajstić information content (AvgIpc) is 2.50. The van der Waals surface area contributed by atoms with Gasteiger partial charge in [-0.15, -0.1) is 0 Å². The summed E-state index contributed by atoms with van der Waals surface area (Å²) in [6.07, 6.45) is 4.64. The summed E-state index contributed by atoms with van der Waals surface area (Å²) in [4.78, 5) is 7.17. The lowest BCUT2D eigenvalue weighted by Crippen LogP contribution is -2.02. The van der Waals surface area contributed by atoms with Crippen molar-refractivity contribution < 1.29 is 0 Å². The Balaban J connectivity index is 2.04. The number of nitrogens with one attached hydrogen (secondary N) is 1. The lowest BCUT2D eigenvalue weighted by atomic mass is 10.5. The van der Waals surface area contributed by atoms with E-state index in [0.29, 0.717) is 0 Å². The van der Waals surface area contributed by atoms with E-state index in [4.69, 9.17) is 5.73 Å². The van der Waals surface area contributed by atoms with E-state index in [1.165, 1.54) is 0 Å². The Morgan fingerprint density at radius 3 is 3.09 bits per heavy atom. The van der Waals surface area contributed by atoms with Crippen LogP contribution in [-0.2, 0) is 6.42 Å². The van der Waals surface area contributed by atoms with Crippen LogP contribution in [0.25, 0.3) is 0 Å². The van der Waals surface area contributed by atoms with E-state index in [2.05, 4.69) is 9.97 Å². The molecule has 0 aliphatic carbocycles. The Morgan fingerprint density at radius 2 is 2.45 bits per heavy atom. The van der Waals surface area contributed by atoms with Crippen LogP contribution in [0, 0.1) is 0 Å².